The van der Waals surface area contributed by atoms with Gasteiger partial charge in [-0.2, -0.15) is 0 Å². The van der Waals surface area contributed by atoms with Crippen molar-refractivity contribution in [3.63, 3.8) is 0 Å². The average molecular weight is 433 g/mol. The standard InChI is InChI=1S/C22H20N6O2S/c1-16-11-12-23-20(13-16)27-22-14-21(24-15-25-22)26-17-7-9-18(10-8-17)28-31(29,30)19-5-3-2-4-6-19/h2-15,28H,1H3,(H2,23,24,25,26,27). The maximum Gasteiger partial charge on any atom is 0.261 e. The first-order valence-corrected chi connectivity index (χ1v) is 10.9. The van der Waals surface area contributed by atoms with Crippen LogP contribution in [0.4, 0.5) is 28.8 Å². The highest BCUT2D eigenvalue weighted by atomic mass is 32.2. The highest BCUT2D eigenvalue weighted by molar-refractivity contribution is 7.92. The van der Waals surface area contributed by atoms with Crippen LogP contribution in [-0.2, 0) is 10.0 Å². The third-order valence-corrected chi connectivity index (χ3v) is 5.70. The van der Waals surface area contributed by atoms with Gasteiger partial charge in [-0.15, -0.1) is 0 Å². The van der Waals surface area contributed by atoms with Crippen molar-refractivity contribution in [2.24, 2.45) is 0 Å². The summed E-state index contributed by atoms with van der Waals surface area (Å²) in [4.78, 5) is 12.9. The van der Waals surface area contributed by atoms with Crippen LogP contribution in [0.25, 0.3) is 0 Å². The third kappa shape index (κ3) is 5.34. The van der Waals surface area contributed by atoms with Gasteiger partial charge in [-0.3, -0.25) is 4.72 Å². The van der Waals surface area contributed by atoms with Crippen molar-refractivity contribution < 1.29 is 8.42 Å². The minimum Gasteiger partial charge on any atom is -0.340 e. The van der Waals surface area contributed by atoms with Gasteiger partial charge in [0.2, 0.25) is 0 Å². The summed E-state index contributed by atoms with van der Waals surface area (Å²) in [5.74, 6) is 1.88. The Morgan fingerprint density at radius 3 is 2.06 bits per heavy atom. The molecular weight excluding hydrogens is 412 g/mol. The molecule has 9 heteroatoms. The summed E-state index contributed by atoms with van der Waals surface area (Å²) in [6.45, 7) is 1.99. The van der Waals surface area contributed by atoms with Gasteiger partial charge < -0.3 is 10.6 Å². The smallest absolute Gasteiger partial charge is 0.261 e. The zero-order valence-corrected chi connectivity index (χ0v) is 17.5. The quantitative estimate of drug-likeness (QED) is 0.395. The third-order valence-electron chi connectivity index (χ3n) is 4.30. The lowest BCUT2D eigenvalue weighted by Crippen LogP contribution is -2.12. The number of aryl methyl sites for hydroxylation is 1. The summed E-state index contributed by atoms with van der Waals surface area (Å²) < 4.78 is 27.4. The molecule has 31 heavy (non-hydrogen) atoms. The molecule has 0 saturated carbocycles. The molecule has 0 atom stereocenters. The number of nitrogens with zero attached hydrogens (tertiary/aromatic N) is 3. The Morgan fingerprint density at radius 1 is 0.710 bits per heavy atom. The Balaban J connectivity index is 1.43. The molecule has 8 nitrogen and oxygen atoms in total. The highest BCUT2D eigenvalue weighted by Crippen LogP contribution is 2.22. The van der Waals surface area contributed by atoms with Crippen LogP contribution in [0.15, 0.2) is 90.2 Å². The Morgan fingerprint density at radius 2 is 1.35 bits per heavy atom. The van der Waals surface area contributed by atoms with Gasteiger partial charge in [0.15, 0.2) is 0 Å². The molecule has 0 aliphatic heterocycles. The zero-order valence-electron chi connectivity index (χ0n) is 16.6. The predicted molar refractivity (Wildman–Crippen MR) is 121 cm³/mol. The molecule has 0 saturated heterocycles. The van der Waals surface area contributed by atoms with Crippen molar-refractivity contribution in [3.8, 4) is 0 Å². The summed E-state index contributed by atoms with van der Waals surface area (Å²) in [6, 6.07) is 20.7. The molecular formula is C22H20N6O2S. The van der Waals surface area contributed by atoms with E-state index in [1.807, 2.05) is 19.1 Å². The molecule has 0 aliphatic rings. The van der Waals surface area contributed by atoms with E-state index < -0.39 is 10.0 Å². The Hall–Kier alpha value is -3.98. The van der Waals surface area contributed by atoms with Gasteiger partial charge in [0.1, 0.15) is 23.8 Å². The van der Waals surface area contributed by atoms with Crippen molar-refractivity contribution >= 4 is 38.9 Å². The van der Waals surface area contributed by atoms with Crippen molar-refractivity contribution in [1.29, 1.82) is 0 Å². The fraction of sp³-hybridized carbons (Fsp3) is 0.0455. The van der Waals surface area contributed by atoms with Crippen LogP contribution in [0.3, 0.4) is 0 Å². The summed E-state index contributed by atoms with van der Waals surface area (Å²) in [5.41, 5.74) is 2.30. The molecule has 3 N–H and O–H groups in total. The van der Waals surface area contributed by atoms with Crippen LogP contribution in [0.1, 0.15) is 5.56 Å². The number of rotatable bonds is 7. The van der Waals surface area contributed by atoms with Crippen LogP contribution >= 0.6 is 0 Å². The average Bonchev–Trinajstić information content (AvgIpc) is 2.76. The number of hydrogen-bond acceptors (Lipinski definition) is 7. The molecule has 0 unspecified atom stereocenters. The minimum absolute atomic E-state index is 0.210. The predicted octanol–water partition coefficient (Wildman–Crippen LogP) is 4.47. The Bertz CT molecular complexity index is 1280. The molecule has 2 heterocycles. The molecule has 0 fully saturated rings. The van der Waals surface area contributed by atoms with E-state index in [2.05, 4.69) is 30.3 Å². The van der Waals surface area contributed by atoms with Gasteiger partial charge in [0.25, 0.3) is 10.0 Å². The summed E-state index contributed by atoms with van der Waals surface area (Å²) in [5, 5.41) is 6.32. The normalized spacial score (nSPS) is 11.0. The fourth-order valence-electron chi connectivity index (χ4n) is 2.81. The van der Waals surface area contributed by atoms with Crippen LogP contribution in [0.2, 0.25) is 0 Å². The van der Waals surface area contributed by atoms with Crippen molar-refractivity contribution in [2.45, 2.75) is 11.8 Å². The van der Waals surface area contributed by atoms with E-state index in [-0.39, 0.29) is 4.90 Å². The van der Waals surface area contributed by atoms with Gasteiger partial charge in [0, 0.05) is 23.6 Å². The van der Waals surface area contributed by atoms with E-state index in [0.717, 1.165) is 11.3 Å². The van der Waals surface area contributed by atoms with Crippen molar-refractivity contribution in [1.82, 2.24) is 15.0 Å². The largest absolute Gasteiger partial charge is 0.340 e. The molecule has 156 valence electrons. The molecule has 4 aromatic rings. The second-order valence-corrected chi connectivity index (χ2v) is 8.44. The molecule has 0 radical (unpaired) electrons. The van der Waals surface area contributed by atoms with Gasteiger partial charge in [0.05, 0.1) is 4.90 Å². The molecule has 0 bridgehead atoms. The Kier molecular flexibility index (Phi) is 5.76. The monoisotopic (exact) mass is 432 g/mol. The van der Waals surface area contributed by atoms with E-state index in [0.29, 0.717) is 23.1 Å². The summed E-state index contributed by atoms with van der Waals surface area (Å²) in [6.07, 6.45) is 3.18. The number of nitrogens with one attached hydrogen (secondary N) is 3. The second-order valence-electron chi connectivity index (χ2n) is 6.75. The molecule has 0 spiro atoms. The number of hydrogen-bond donors (Lipinski definition) is 3. The van der Waals surface area contributed by atoms with Crippen LogP contribution in [0, 0.1) is 6.92 Å². The lowest BCUT2D eigenvalue weighted by Gasteiger charge is -2.10. The number of anilines is 5. The molecule has 0 amide bonds. The topological polar surface area (TPSA) is 109 Å². The molecule has 2 aromatic carbocycles. The SMILES string of the molecule is Cc1ccnc(Nc2cc(Nc3ccc(NS(=O)(=O)c4ccccc4)cc3)ncn2)c1. The summed E-state index contributed by atoms with van der Waals surface area (Å²) >= 11 is 0. The minimum atomic E-state index is -3.63. The van der Waals surface area contributed by atoms with Crippen LogP contribution < -0.4 is 15.4 Å². The number of pyridine rings is 1. The lowest BCUT2D eigenvalue weighted by atomic mass is 10.3. The Labute approximate surface area is 180 Å². The maximum atomic E-state index is 12.4. The first-order chi connectivity index (χ1) is 15.0. The maximum absolute atomic E-state index is 12.4. The lowest BCUT2D eigenvalue weighted by molar-refractivity contribution is 0.601. The first kappa shape index (κ1) is 20.3. The summed E-state index contributed by atoms with van der Waals surface area (Å²) in [7, 11) is -3.63. The molecule has 4 rings (SSSR count). The van der Waals surface area contributed by atoms with Crippen LogP contribution in [-0.4, -0.2) is 23.4 Å². The second kappa shape index (κ2) is 8.80. The molecule has 0 aliphatic carbocycles. The van der Waals surface area contributed by atoms with Gasteiger partial charge in [-0.25, -0.2) is 23.4 Å². The van der Waals surface area contributed by atoms with E-state index in [1.165, 1.54) is 6.33 Å². The van der Waals surface area contributed by atoms with Gasteiger partial charge in [-0.05, 0) is 61.0 Å². The fourth-order valence-corrected chi connectivity index (χ4v) is 3.89. The van der Waals surface area contributed by atoms with E-state index in [9.17, 15) is 8.42 Å². The zero-order chi connectivity index (χ0) is 21.7. The van der Waals surface area contributed by atoms with Crippen molar-refractivity contribution in [3.05, 3.63) is 90.9 Å². The number of aromatic nitrogens is 3. The van der Waals surface area contributed by atoms with Crippen LogP contribution in [0.5, 0.6) is 0 Å². The van der Waals surface area contributed by atoms with Crippen molar-refractivity contribution in [2.75, 3.05) is 15.4 Å². The molecule has 2 aromatic heterocycles. The van der Waals surface area contributed by atoms with Gasteiger partial charge in [-0.1, -0.05) is 18.2 Å². The number of benzene rings is 2. The van der Waals surface area contributed by atoms with E-state index in [1.54, 1.807) is 66.9 Å². The number of sulfonamides is 1. The highest BCUT2D eigenvalue weighted by Gasteiger charge is 2.13. The van der Waals surface area contributed by atoms with Gasteiger partial charge >= 0.3 is 0 Å². The van der Waals surface area contributed by atoms with E-state index >= 15 is 0 Å². The van der Waals surface area contributed by atoms with E-state index in [4.69, 9.17) is 0 Å². The first-order valence-electron chi connectivity index (χ1n) is 9.45.